The second-order valence-electron chi connectivity index (χ2n) is 6.15. The maximum atomic E-state index is 4.83. The van der Waals surface area contributed by atoms with Crippen molar-refractivity contribution < 1.29 is 0 Å². The average molecular weight is 295 g/mol. The van der Waals surface area contributed by atoms with E-state index >= 15 is 0 Å². The van der Waals surface area contributed by atoms with E-state index < -0.39 is 0 Å². The second kappa shape index (κ2) is 7.41. The molecule has 4 heteroatoms. The Morgan fingerprint density at radius 3 is 2.95 bits per heavy atom. The molecule has 1 aromatic rings. The summed E-state index contributed by atoms with van der Waals surface area (Å²) in [5, 5.41) is 4.81. The predicted octanol–water partition coefficient (Wildman–Crippen LogP) is 4.14. The van der Waals surface area contributed by atoms with Crippen LogP contribution in [0.4, 0.5) is 5.13 Å². The van der Waals surface area contributed by atoms with Crippen molar-refractivity contribution in [2.45, 2.75) is 59.4 Å². The van der Waals surface area contributed by atoms with Crippen molar-refractivity contribution >= 4 is 16.5 Å². The summed E-state index contributed by atoms with van der Waals surface area (Å²) in [5.74, 6) is 0.866. The van der Waals surface area contributed by atoms with Crippen LogP contribution in [0.15, 0.2) is 0 Å². The fourth-order valence-corrected chi connectivity index (χ4v) is 3.98. The van der Waals surface area contributed by atoms with E-state index in [9.17, 15) is 0 Å². The summed E-state index contributed by atoms with van der Waals surface area (Å²) in [6.07, 6.45) is 5.15. The van der Waals surface area contributed by atoms with Crippen LogP contribution in [0.5, 0.6) is 0 Å². The van der Waals surface area contributed by atoms with Gasteiger partial charge in [0, 0.05) is 24.0 Å². The van der Waals surface area contributed by atoms with Crippen LogP contribution in [0.3, 0.4) is 0 Å². The molecular formula is C16H29N3S. The molecule has 1 saturated heterocycles. The van der Waals surface area contributed by atoms with Crippen molar-refractivity contribution in [3.8, 4) is 0 Å². The van der Waals surface area contributed by atoms with E-state index in [0.29, 0.717) is 6.04 Å². The number of nitrogens with zero attached hydrogens (tertiary/aromatic N) is 2. The third-order valence-corrected chi connectivity index (χ3v) is 5.60. The molecule has 3 nitrogen and oxygen atoms in total. The van der Waals surface area contributed by atoms with E-state index in [1.807, 2.05) is 11.3 Å². The third-order valence-electron chi connectivity index (χ3n) is 4.20. The lowest BCUT2D eigenvalue weighted by atomic mass is 10.0. The van der Waals surface area contributed by atoms with Crippen LogP contribution in [0.2, 0.25) is 0 Å². The molecule has 2 rings (SSSR count). The largest absolute Gasteiger partial charge is 0.348 e. The Kier molecular flexibility index (Phi) is 5.85. The van der Waals surface area contributed by atoms with Crippen molar-refractivity contribution in [1.29, 1.82) is 0 Å². The van der Waals surface area contributed by atoms with Crippen molar-refractivity contribution in [2.75, 3.05) is 24.5 Å². The molecule has 0 aliphatic carbocycles. The number of hydrogen-bond donors (Lipinski definition) is 1. The van der Waals surface area contributed by atoms with E-state index in [1.165, 1.54) is 54.5 Å². The fraction of sp³-hybridized carbons (Fsp3) is 0.812. The zero-order valence-electron chi connectivity index (χ0n) is 13.4. The van der Waals surface area contributed by atoms with Gasteiger partial charge in [-0.3, -0.25) is 0 Å². The van der Waals surface area contributed by atoms with Gasteiger partial charge in [0.2, 0.25) is 0 Å². The molecule has 0 bridgehead atoms. The molecule has 0 radical (unpaired) electrons. The standard InChI is InChI=1S/C16H29N3S/c1-5-9-17-13(3)15-14(4)18-16(20-15)19-10-6-7-12(2)8-11-19/h12-13,17H,5-11H2,1-4H3. The Labute approximate surface area is 127 Å². The Morgan fingerprint density at radius 1 is 1.40 bits per heavy atom. The maximum Gasteiger partial charge on any atom is 0.185 e. The molecule has 1 aliphatic heterocycles. The molecule has 0 saturated carbocycles. The molecule has 114 valence electrons. The molecule has 0 amide bonds. The maximum absolute atomic E-state index is 4.83. The van der Waals surface area contributed by atoms with Crippen LogP contribution in [-0.4, -0.2) is 24.6 Å². The lowest BCUT2D eigenvalue weighted by Gasteiger charge is -2.19. The van der Waals surface area contributed by atoms with E-state index in [2.05, 4.69) is 37.9 Å². The van der Waals surface area contributed by atoms with E-state index in [4.69, 9.17) is 4.98 Å². The third kappa shape index (κ3) is 3.95. The van der Waals surface area contributed by atoms with Gasteiger partial charge in [-0.1, -0.05) is 13.8 Å². The number of rotatable bonds is 5. The summed E-state index contributed by atoms with van der Waals surface area (Å²) in [5.41, 5.74) is 1.21. The van der Waals surface area contributed by atoms with E-state index in [0.717, 1.165) is 12.5 Å². The molecule has 1 aromatic heterocycles. The normalized spacial score (nSPS) is 21.8. The summed E-state index contributed by atoms with van der Waals surface area (Å²) < 4.78 is 0. The van der Waals surface area contributed by atoms with Crippen molar-refractivity contribution in [3.05, 3.63) is 10.6 Å². The monoisotopic (exact) mass is 295 g/mol. The average Bonchev–Trinajstić information content (AvgIpc) is 2.68. The number of hydrogen-bond acceptors (Lipinski definition) is 4. The molecule has 0 spiro atoms. The van der Waals surface area contributed by atoms with Crippen LogP contribution >= 0.6 is 11.3 Å². The van der Waals surface area contributed by atoms with Gasteiger partial charge in [-0.05, 0) is 52.0 Å². The van der Waals surface area contributed by atoms with Crippen LogP contribution in [0.1, 0.15) is 63.1 Å². The smallest absolute Gasteiger partial charge is 0.185 e. The van der Waals surface area contributed by atoms with Crippen molar-refractivity contribution in [3.63, 3.8) is 0 Å². The minimum absolute atomic E-state index is 0.423. The van der Waals surface area contributed by atoms with Gasteiger partial charge in [0.25, 0.3) is 0 Å². The molecule has 2 unspecified atom stereocenters. The van der Waals surface area contributed by atoms with Gasteiger partial charge >= 0.3 is 0 Å². The summed E-state index contributed by atoms with van der Waals surface area (Å²) in [4.78, 5) is 8.74. The highest BCUT2D eigenvalue weighted by Gasteiger charge is 2.20. The molecule has 2 heterocycles. The zero-order valence-corrected chi connectivity index (χ0v) is 14.2. The highest BCUT2D eigenvalue weighted by Crippen LogP contribution is 2.32. The molecule has 1 fully saturated rings. The van der Waals surface area contributed by atoms with Gasteiger partial charge in [-0.25, -0.2) is 4.98 Å². The van der Waals surface area contributed by atoms with Gasteiger partial charge in [0.1, 0.15) is 0 Å². The SMILES string of the molecule is CCCNC(C)c1sc(N2CCCC(C)CC2)nc1C. The highest BCUT2D eigenvalue weighted by atomic mass is 32.1. The summed E-state index contributed by atoms with van der Waals surface area (Å²) in [7, 11) is 0. The van der Waals surface area contributed by atoms with Gasteiger partial charge < -0.3 is 10.2 Å². The Balaban J connectivity index is 2.05. The van der Waals surface area contributed by atoms with Crippen molar-refractivity contribution in [1.82, 2.24) is 10.3 Å². The lowest BCUT2D eigenvalue weighted by molar-refractivity contribution is 0.521. The van der Waals surface area contributed by atoms with Gasteiger partial charge in [0.15, 0.2) is 5.13 Å². The second-order valence-corrected chi connectivity index (χ2v) is 7.15. The number of aromatic nitrogens is 1. The number of aryl methyl sites for hydroxylation is 1. The first-order valence-electron chi connectivity index (χ1n) is 8.07. The van der Waals surface area contributed by atoms with Crippen LogP contribution in [0, 0.1) is 12.8 Å². The summed E-state index contributed by atoms with van der Waals surface area (Å²) in [6, 6.07) is 0.423. The van der Waals surface area contributed by atoms with E-state index in [1.54, 1.807) is 0 Å². The first kappa shape index (κ1) is 15.8. The van der Waals surface area contributed by atoms with Gasteiger partial charge in [-0.15, -0.1) is 11.3 Å². The number of thiazole rings is 1. The molecule has 1 N–H and O–H groups in total. The van der Waals surface area contributed by atoms with Gasteiger partial charge in [-0.2, -0.15) is 0 Å². The lowest BCUT2D eigenvalue weighted by Crippen LogP contribution is -2.23. The molecule has 0 aromatic carbocycles. The van der Waals surface area contributed by atoms with Crippen molar-refractivity contribution in [2.24, 2.45) is 5.92 Å². The number of nitrogens with one attached hydrogen (secondary N) is 1. The Hall–Kier alpha value is -0.610. The topological polar surface area (TPSA) is 28.2 Å². The summed E-state index contributed by atoms with van der Waals surface area (Å²) >= 11 is 1.89. The highest BCUT2D eigenvalue weighted by molar-refractivity contribution is 7.15. The minimum atomic E-state index is 0.423. The van der Waals surface area contributed by atoms with Crippen LogP contribution in [-0.2, 0) is 0 Å². The molecule has 2 atom stereocenters. The summed E-state index contributed by atoms with van der Waals surface area (Å²) in [6.45, 7) is 12.4. The Morgan fingerprint density at radius 2 is 2.20 bits per heavy atom. The predicted molar refractivity (Wildman–Crippen MR) is 88.8 cm³/mol. The zero-order chi connectivity index (χ0) is 14.5. The van der Waals surface area contributed by atoms with Crippen LogP contribution in [0.25, 0.3) is 0 Å². The fourth-order valence-electron chi connectivity index (χ4n) is 2.84. The Bertz CT molecular complexity index is 416. The minimum Gasteiger partial charge on any atom is -0.348 e. The molecular weight excluding hydrogens is 266 g/mol. The first-order chi connectivity index (χ1) is 9.61. The number of anilines is 1. The van der Waals surface area contributed by atoms with E-state index in [-0.39, 0.29) is 0 Å². The van der Waals surface area contributed by atoms with Gasteiger partial charge in [0.05, 0.1) is 5.69 Å². The quantitative estimate of drug-likeness (QED) is 0.885. The van der Waals surface area contributed by atoms with Crippen LogP contribution < -0.4 is 10.2 Å². The molecule has 20 heavy (non-hydrogen) atoms. The molecule has 1 aliphatic rings. The first-order valence-corrected chi connectivity index (χ1v) is 8.89.